The topological polar surface area (TPSA) is 28.2 Å². The predicted octanol–water partition coefficient (Wildman–Crippen LogP) is 4.09. The van der Waals surface area contributed by atoms with E-state index in [0.717, 1.165) is 18.9 Å². The average Bonchev–Trinajstić information content (AvgIpc) is 3.00. The first-order chi connectivity index (χ1) is 10.1. The van der Waals surface area contributed by atoms with E-state index in [9.17, 15) is 0 Å². The van der Waals surface area contributed by atoms with Gasteiger partial charge in [-0.15, -0.1) is 11.3 Å². The van der Waals surface area contributed by atoms with E-state index in [1.54, 1.807) is 11.3 Å². The van der Waals surface area contributed by atoms with Crippen LogP contribution in [0.1, 0.15) is 37.3 Å². The lowest BCUT2D eigenvalue weighted by atomic mass is 10.2. The van der Waals surface area contributed by atoms with Crippen molar-refractivity contribution in [2.45, 2.75) is 33.4 Å². The molecule has 0 bridgehead atoms. The van der Waals surface area contributed by atoms with Crippen LogP contribution in [0.3, 0.4) is 0 Å². The fourth-order valence-corrected chi connectivity index (χ4v) is 3.01. The molecule has 1 atom stereocenters. The number of nitrogens with one attached hydrogen (secondary N) is 1. The largest absolute Gasteiger partial charge is 0.352 e. The number of hydrogen-bond donors (Lipinski definition) is 1. The van der Waals surface area contributed by atoms with Crippen molar-refractivity contribution in [2.24, 2.45) is 5.92 Å². The molecule has 2 aromatic rings. The molecule has 0 amide bonds. The number of thiophene rings is 1. The molecule has 3 nitrogen and oxygen atoms in total. The molecule has 0 saturated carbocycles. The Labute approximate surface area is 132 Å². The van der Waals surface area contributed by atoms with Crippen molar-refractivity contribution in [3.63, 3.8) is 0 Å². The Morgan fingerprint density at radius 1 is 1.29 bits per heavy atom. The van der Waals surface area contributed by atoms with Crippen LogP contribution in [-0.2, 0) is 6.54 Å². The van der Waals surface area contributed by atoms with E-state index in [1.165, 1.54) is 10.4 Å². The first-order valence-electron chi connectivity index (χ1n) is 7.49. The van der Waals surface area contributed by atoms with Crippen LogP contribution >= 0.6 is 11.3 Å². The van der Waals surface area contributed by atoms with Crippen LogP contribution in [-0.4, -0.2) is 18.6 Å². The van der Waals surface area contributed by atoms with Crippen molar-refractivity contribution in [1.29, 1.82) is 0 Å². The summed E-state index contributed by atoms with van der Waals surface area (Å²) in [6.07, 6.45) is 1.90. The molecule has 4 heteroatoms. The highest BCUT2D eigenvalue weighted by atomic mass is 32.1. The van der Waals surface area contributed by atoms with E-state index in [2.05, 4.69) is 72.7 Å². The van der Waals surface area contributed by atoms with E-state index < -0.39 is 0 Å². The molecule has 0 fully saturated rings. The Morgan fingerprint density at radius 3 is 2.76 bits per heavy atom. The van der Waals surface area contributed by atoms with Gasteiger partial charge in [0.1, 0.15) is 5.82 Å². The lowest BCUT2D eigenvalue weighted by Gasteiger charge is -2.25. The van der Waals surface area contributed by atoms with Crippen molar-refractivity contribution in [3.8, 4) is 0 Å². The number of aromatic nitrogens is 1. The van der Waals surface area contributed by atoms with Crippen LogP contribution in [0.2, 0.25) is 0 Å². The Bertz CT molecular complexity index is 537. The summed E-state index contributed by atoms with van der Waals surface area (Å²) < 4.78 is 0. The van der Waals surface area contributed by atoms with E-state index >= 15 is 0 Å². The van der Waals surface area contributed by atoms with Gasteiger partial charge >= 0.3 is 0 Å². The summed E-state index contributed by atoms with van der Waals surface area (Å²) in [4.78, 5) is 8.11. The zero-order valence-electron chi connectivity index (χ0n) is 13.3. The van der Waals surface area contributed by atoms with Crippen molar-refractivity contribution < 1.29 is 0 Å². The van der Waals surface area contributed by atoms with Gasteiger partial charge in [0.2, 0.25) is 0 Å². The standard InChI is InChI=1S/C17H25N3S/c1-13(2)11-18-12-15-7-8-19-17(10-15)20(4)14(3)16-6-5-9-21-16/h5-10,13-14,18H,11-12H2,1-4H3. The molecule has 0 saturated heterocycles. The molecule has 1 unspecified atom stereocenters. The summed E-state index contributed by atoms with van der Waals surface area (Å²) in [5.41, 5.74) is 1.28. The van der Waals surface area contributed by atoms with Crippen molar-refractivity contribution in [1.82, 2.24) is 10.3 Å². The molecular weight excluding hydrogens is 278 g/mol. The van der Waals surface area contributed by atoms with Gasteiger partial charge in [0.15, 0.2) is 0 Å². The summed E-state index contributed by atoms with van der Waals surface area (Å²) in [5, 5.41) is 5.60. The van der Waals surface area contributed by atoms with Gasteiger partial charge in [-0.05, 0) is 48.5 Å². The van der Waals surface area contributed by atoms with Crippen LogP contribution in [0.15, 0.2) is 35.8 Å². The van der Waals surface area contributed by atoms with Gasteiger partial charge in [-0.2, -0.15) is 0 Å². The molecule has 2 heterocycles. The van der Waals surface area contributed by atoms with Gasteiger partial charge in [0.25, 0.3) is 0 Å². The number of rotatable bonds is 7. The molecule has 0 aliphatic carbocycles. The minimum absolute atomic E-state index is 0.344. The van der Waals surface area contributed by atoms with Crippen molar-refractivity contribution in [3.05, 3.63) is 46.3 Å². The van der Waals surface area contributed by atoms with E-state index in [0.29, 0.717) is 12.0 Å². The molecule has 2 rings (SSSR count). The molecule has 2 aromatic heterocycles. The Kier molecular flexibility index (Phi) is 5.76. The number of hydrogen-bond acceptors (Lipinski definition) is 4. The van der Waals surface area contributed by atoms with Gasteiger partial charge in [0.05, 0.1) is 6.04 Å². The monoisotopic (exact) mass is 303 g/mol. The average molecular weight is 303 g/mol. The van der Waals surface area contributed by atoms with Gasteiger partial charge in [-0.3, -0.25) is 0 Å². The zero-order chi connectivity index (χ0) is 15.2. The molecule has 0 aliphatic heterocycles. The molecule has 0 radical (unpaired) electrons. The smallest absolute Gasteiger partial charge is 0.129 e. The first kappa shape index (κ1) is 16.0. The van der Waals surface area contributed by atoms with E-state index in [-0.39, 0.29) is 0 Å². The summed E-state index contributed by atoms with van der Waals surface area (Å²) in [6.45, 7) is 8.61. The summed E-state index contributed by atoms with van der Waals surface area (Å²) >= 11 is 1.79. The quantitative estimate of drug-likeness (QED) is 0.835. The second-order valence-electron chi connectivity index (χ2n) is 5.85. The summed E-state index contributed by atoms with van der Waals surface area (Å²) in [5.74, 6) is 1.70. The van der Waals surface area contributed by atoms with Crippen LogP contribution in [0.25, 0.3) is 0 Å². The Hall–Kier alpha value is -1.39. The summed E-state index contributed by atoms with van der Waals surface area (Å²) in [6, 6.07) is 8.89. The highest BCUT2D eigenvalue weighted by molar-refractivity contribution is 7.10. The first-order valence-corrected chi connectivity index (χ1v) is 8.37. The van der Waals surface area contributed by atoms with Crippen LogP contribution < -0.4 is 10.2 Å². The number of anilines is 1. The normalized spacial score (nSPS) is 12.6. The fourth-order valence-electron chi connectivity index (χ4n) is 2.19. The maximum Gasteiger partial charge on any atom is 0.129 e. The van der Waals surface area contributed by atoms with E-state index in [4.69, 9.17) is 0 Å². The molecule has 1 N–H and O–H groups in total. The predicted molar refractivity (Wildman–Crippen MR) is 91.9 cm³/mol. The second-order valence-corrected chi connectivity index (χ2v) is 6.83. The van der Waals surface area contributed by atoms with E-state index in [1.807, 2.05) is 6.20 Å². The molecular formula is C17H25N3S. The third-order valence-electron chi connectivity index (χ3n) is 3.59. The molecule has 0 aliphatic rings. The zero-order valence-corrected chi connectivity index (χ0v) is 14.2. The fraction of sp³-hybridized carbons (Fsp3) is 0.471. The SMILES string of the molecule is CC(C)CNCc1ccnc(N(C)C(C)c2cccs2)c1. The van der Waals surface area contributed by atoms with Crippen LogP contribution in [0.4, 0.5) is 5.82 Å². The van der Waals surface area contributed by atoms with Gasteiger partial charge in [-0.25, -0.2) is 4.98 Å². The van der Waals surface area contributed by atoms with Crippen LogP contribution in [0, 0.1) is 5.92 Å². The highest BCUT2D eigenvalue weighted by Gasteiger charge is 2.14. The summed E-state index contributed by atoms with van der Waals surface area (Å²) in [7, 11) is 2.11. The Morgan fingerprint density at radius 2 is 2.10 bits per heavy atom. The third-order valence-corrected chi connectivity index (χ3v) is 4.63. The highest BCUT2D eigenvalue weighted by Crippen LogP contribution is 2.27. The van der Waals surface area contributed by atoms with Crippen molar-refractivity contribution >= 4 is 17.2 Å². The van der Waals surface area contributed by atoms with Gasteiger partial charge in [0, 0.05) is 24.7 Å². The van der Waals surface area contributed by atoms with Gasteiger partial charge in [-0.1, -0.05) is 19.9 Å². The lowest BCUT2D eigenvalue weighted by Crippen LogP contribution is -2.23. The molecule has 21 heavy (non-hydrogen) atoms. The Balaban J connectivity index is 2.02. The number of pyridine rings is 1. The van der Waals surface area contributed by atoms with Crippen LogP contribution in [0.5, 0.6) is 0 Å². The number of nitrogens with zero attached hydrogens (tertiary/aromatic N) is 2. The molecule has 114 valence electrons. The molecule has 0 spiro atoms. The van der Waals surface area contributed by atoms with Gasteiger partial charge < -0.3 is 10.2 Å². The third kappa shape index (κ3) is 4.55. The second kappa shape index (κ2) is 7.57. The minimum Gasteiger partial charge on any atom is -0.352 e. The molecule has 0 aromatic carbocycles. The maximum atomic E-state index is 4.52. The maximum absolute atomic E-state index is 4.52. The lowest BCUT2D eigenvalue weighted by molar-refractivity contribution is 0.552. The van der Waals surface area contributed by atoms with Crippen molar-refractivity contribution in [2.75, 3.05) is 18.5 Å². The minimum atomic E-state index is 0.344.